The van der Waals surface area contributed by atoms with Gasteiger partial charge in [-0.3, -0.25) is 0 Å². The second-order valence-electron chi connectivity index (χ2n) is 5.91. The lowest BCUT2D eigenvalue weighted by molar-refractivity contribution is -0.139. The number of benzene rings is 1. The summed E-state index contributed by atoms with van der Waals surface area (Å²) in [6, 6.07) is 2.20. The maximum atomic E-state index is 13.4. The van der Waals surface area contributed by atoms with Crippen LogP contribution in [0.3, 0.4) is 0 Å². The molecule has 0 unspecified atom stereocenters. The van der Waals surface area contributed by atoms with Gasteiger partial charge in [-0.1, -0.05) is 18.9 Å². The van der Waals surface area contributed by atoms with Crippen LogP contribution < -0.4 is 0 Å². The molecule has 130 valence electrons. The van der Waals surface area contributed by atoms with Crippen molar-refractivity contribution in [1.29, 1.82) is 0 Å². The highest BCUT2D eigenvalue weighted by Gasteiger charge is 2.40. The van der Waals surface area contributed by atoms with Gasteiger partial charge in [0, 0.05) is 11.8 Å². The first-order chi connectivity index (χ1) is 11.2. The van der Waals surface area contributed by atoms with Gasteiger partial charge in [-0.15, -0.1) is 5.10 Å². The van der Waals surface area contributed by atoms with Crippen LogP contribution in [0.5, 0.6) is 0 Å². The molecule has 24 heavy (non-hydrogen) atoms. The van der Waals surface area contributed by atoms with Gasteiger partial charge in [0.1, 0.15) is 0 Å². The number of halogens is 3. The third-order valence-electron chi connectivity index (χ3n) is 4.24. The monoisotopic (exact) mass is 360 g/mol. The molecule has 3 rings (SSSR count). The topological polar surface area (TPSA) is 88.6 Å². The van der Waals surface area contributed by atoms with Gasteiger partial charge in [-0.2, -0.15) is 13.2 Å². The maximum absolute atomic E-state index is 13.4. The van der Waals surface area contributed by atoms with Crippen LogP contribution in [0.2, 0.25) is 0 Å². The van der Waals surface area contributed by atoms with Crippen molar-refractivity contribution >= 4 is 9.84 Å². The summed E-state index contributed by atoms with van der Waals surface area (Å²) in [5.41, 5.74) is -0.721. The zero-order valence-corrected chi connectivity index (χ0v) is 13.6. The third kappa shape index (κ3) is 3.02. The van der Waals surface area contributed by atoms with Crippen molar-refractivity contribution in [2.75, 3.05) is 6.26 Å². The molecule has 2 aromatic rings. The fourth-order valence-electron chi connectivity index (χ4n) is 3.29. The minimum Gasteiger partial charge on any atom is -0.239 e. The molecule has 1 heterocycles. The van der Waals surface area contributed by atoms with Gasteiger partial charge in [0.25, 0.3) is 0 Å². The summed E-state index contributed by atoms with van der Waals surface area (Å²) in [6.45, 7) is 0. The van der Waals surface area contributed by atoms with Gasteiger partial charge in [0.05, 0.1) is 10.5 Å². The average Bonchev–Trinajstić information content (AvgIpc) is 3.17. The highest BCUT2D eigenvalue weighted by atomic mass is 32.2. The van der Waals surface area contributed by atoms with Crippen LogP contribution in [0.1, 0.15) is 42.7 Å². The van der Waals surface area contributed by atoms with Crippen molar-refractivity contribution in [3.8, 4) is 11.4 Å². The predicted octanol–water partition coefficient (Wildman–Crippen LogP) is 2.95. The lowest BCUT2D eigenvalue weighted by atomic mass is 9.91. The van der Waals surface area contributed by atoms with Crippen LogP contribution in [-0.4, -0.2) is 35.3 Å². The molecular formula is C14H15F3N4O2S. The van der Waals surface area contributed by atoms with E-state index in [0.717, 1.165) is 38.0 Å². The van der Waals surface area contributed by atoms with E-state index in [-0.39, 0.29) is 17.3 Å². The van der Waals surface area contributed by atoms with Gasteiger partial charge in [0.15, 0.2) is 15.7 Å². The SMILES string of the molecule is CS(=O)(=O)c1c(C(F)(F)F)ccc(C2CCCC2)c1-c1nnn[nH]1. The first-order valence-electron chi connectivity index (χ1n) is 7.38. The Kier molecular flexibility index (Phi) is 4.10. The minimum atomic E-state index is -4.80. The second-order valence-corrected chi connectivity index (χ2v) is 7.86. The molecule has 1 aliphatic rings. The Labute approximate surface area is 136 Å². The molecule has 0 radical (unpaired) electrons. The lowest BCUT2D eigenvalue weighted by Gasteiger charge is -2.20. The third-order valence-corrected chi connectivity index (χ3v) is 5.41. The van der Waals surface area contributed by atoms with Crippen molar-refractivity contribution in [2.45, 2.75) is 42.7 Å². The van der Waals surface area contributed by atoms with Crippen molar-refractivity contribution < 1.29 is 21.6 Å². The largest absolute Gasteiger partial charge is 0.417 e. The van der Waals surface area contributed by atoms with E-state index in [0.29, 0.717) is 5.56 Å². The van der Waals surface area contributed by atoms with Crippen LogP contribution in [-0.2, 0) is 16.0 Å². The normalized spacial score (nSPS) is 16.7. The van der Waals surface area contributed by atoms with E-state index >= 15 is 0 Å². The Hall–Kier alpha value is -1.97. The molecule has 0 spiro atoms. The van der Waals surface area contributed by atoms with Crippen LogP contribution in [0, 0.1) is 0 Å². The summed E-state index contributed by atoms with van der Waals surface area (Å²) in [5, 5.41) is 12.8. The summed E-state index contributed by atoms with van der Waals surface area (Å²) in [7, 11) is -4.16. The van der Waals surface area contributed by atoms with Crippen LogP contribution >= 0.6 is 0 Å². The molecule has 1 N–H and O–H groups in total. The van der Waals surface area contributed by atoms with E-state index in [4.69, 9.17) is 0 Å². The Balaban J connectivity index is 2.38. The van der Waals surface area contributed by atoms with Gasteiger partial charge in [-0.05, 0) is 40.8 Å². The van der Waals surface area contributed by atoms with E-state index in [1.807, 2.05) is 0 Å². The van der Waals surface area contributed by atoms with Gasteiger partial charge in [0.2, 0.25) is 0 Å². The van der Waals surface area contributed by atoms with E-state index in [1.54, 1.807) is 0 Å². The highest BCUT2D eigenvalue weighted by molar-refractivity contribution is 7.91. The molecule has 1 aromatic heterocycles. The number of hydrogen-bond acceptors (Lipinski definition) is 5. The Morgan fingerprint density at radius 2 is 1.88 bits per heavy atom. The van der Waals surface area contributed by atoms with Gasteiger partial charge < -0.3 is 0 Å². The summed E-state index contributed by atoms with van der Waals surface area (Å²) in [4.78, 5) is -0.766. The van der Waals surface area contributed by atoms with Crippen LogP contribution in [0.15, 0.2) is 17.0 Å². The number of sulfone groups is 1. The molecule has 6 nitrogen and oxygen atoms in total. The Morgan fingerprint density at radius 1 is 1.21 bits per heavy atom. The van der Waals surface area contributed by atoms with E-state index in [1.165, 1.54) is 6.07 Å². The standard InChI is InChI=1S/C14H15F3N4O2S/c1-24(22,23)12-10(14(15,16)17)7-6-9(8-4-2-3-5-8)11(12)13-18-20-21-19-13/h6-8H,2-5H2,1H3,(H,18,19,20,21). The number of nitrogens with zero attached hydrogens (tertiary/aromatic N) is 3. The zero-order chi connectivity index (χ0) is 17.5. The smallest absolute Gasteiger partial charge is 0.239 e. The molecule has 10 heteroatoms. The van der Waals surface area contributed by atoms with Gasteiger partial charge in [-0.25, -0.2) is 13.5 Å². The minimum absolute atomic E-state index is 0.00659. The fourth-order valence-corrected chi connectivity index (χ4v) is 4.46. The lowest BCUT2D eigenvalue weighted by Crippen LogP contribution is -2.16. The Bertz CT molecular complexity index is 842. The van der Waals surface area contributed by atoms with Crippen molar-refractivity contribution in [3.05, 3.63) is 23.3 Å². The summed E-state index contributed by atoms with van der Waals surface area (Å²) in [5.74, 6) is -0.0729. The molecule has 0 bridgehead atoms. The summed E-state index contributed by atoms with van der Waals surface area (Å²) < 4.78 is 64.6. The Morgan fingerprint density at radius 3 is 2.38 bits per heavy atom. The number of aromatic amines is 1. The number of rotatable bonds is 3. The first kappa shape index (κ1) is 16.9. The number of aromatic nitrogens is 4. The number of nitrogens with one attached hydrogen (secondary N) is 1. The molecule has 0 amide bonds. The predicted molar refractivity (Wildman–Crippen MR) is 78.9 cm³/mol. The number of H-pyrrole nitrogens is 1. The van der Waals surface area contributed by atoms with Crippen LogP contribution in [0.25, 0.3) is 11.4 Å². The molecule has 1 saturated carbocycles. The summed E-state index contributed by atoms with van der Waals surface area (Å²) >= 11 is 0. The molecular weight excluding hydrogens is 345 g/mol. The average molecular weight is 360 g/mol. The van der Waals surface area contributed by atoms with Gasteiger partial charge >= 0.3 is 6.18 Å². The number of tetrazole rings is 1. The molecule has 1 aliphatic carbocycles. The highest BCUT2D eigenvalue weighted by Crippen LogP contribution is 2.45. The van der Waals surface area contributed by atoms with E-state index in [2.05, 4.69) is 20.6 Å². The first-order valence-corrected chi connectivity index (χ1v) is 9.27. The second kappa shape index (κ2) is 5.83. The quantitative estimate of drug-likeness (QED) is 0.909. The van der Waals surface area contributed by atoms with E-state index in [9.17, 15) is 21.6 Å². The molecule has 0 aliphatic heterocycles. The molecule has 1 aromatic carbocycles. The molecule has 0 atom stereocenters. The molecule has 0 saturated heterocycles. The van der Waals surface area contributed by atoms with E-state index < -0.39 is 26.5 Å². The number of alkyl halides is 3. The van der Waals surface area contributed by atoms with Crippen molar-refractivity contribution in [1.82, 2.24) is 20.6 Å². The molecule has 1 fully saturated rings. The fraction of sp³-hybridized carbons (Fsp3) is 0.500. The van der Waals surface area contributed by atoms with Crippen LogP contribution in [0.4, 0.5) is 13.2 Å². The number of hydrogen-bond donors (Lipinski definition) is 1. The zero-order valence-electron chi connectivity index (χ0n) is 12.8. The maximum Gasteiger partial charge on any atom is 0.417 e. The summed E-state index contributed by atoms with van der Waals surface area (Å²) in [6.07, 6.45) is -0.535. The van der Waals surface area contributed by atoms with Crippen molar-refractivity contribution in [2.24, 2.45) is 0 Å². The van der Waals surface area contributed by atoms with Crippen molar-refractivity contribution in [3.63, 3.8) is 0 Å².